The van der Waals surface area contributed by atoms with Crippen molar-refractivity contribution in [3.63, 3.8) is 0 Å². The molecule has 0 radical (unpaired) electrons. The summed E-state index contributed by atoms with van der Waals surface area (Å²) in [5, 5.41) is 3.98. The third-order valence-electron chi connectivity index (χ3n) is 2.32. The van der Waals surface area contributed by atoms with E-state index in [0.717, 1.165) is 5.56 Å². The summed E-state index contributed by atoms with van der Waals surface area (Å²) in [5.74, 6) is 0.277. The third-order valence-corrected chi connectivity index (χ3v) is 4.04. The molecule has 0 N–H and O–H groups in total. The summed E-state index contributed by atoms with van der Waals surface area (Å²) < 4.78 is 18.7. The standard InChI is InChI=1S/C12H10BrFOS/c1-15-9-2-3-10(11(14)6-9)12(13)8-4-5-16-7-8/h2-7,12H,1H3. The molecule has 1 unspecified atom stereocenters. The molecule has 1 heterocycles. The monoisotopic (exact) mass is 300 g/mol. The van der Waals surface area contributed by atoms with E-state index in [1.165, 1.54) is 13.2 Å². The maximum Gasteiger partial charge on any atom is 0.131 e. The summed E-state index contributed by atoms with van der Waals surface area (Å²) in [6.45, 7) is 0. The fourth-order valence-corrected chi connectivity index (χ4v) is 2.96. The molecule has 1 aromatic carbocycles. The summed E-state index contributed by atoms with van der Waals surface area (Å²) in [4.78, 5) is -0.107. The Bertz CT molecular complexity index is 470. The van der Waals surface area contributed by atoms with E-state index in [1.807, 2.05) is 16.8 Å². The smallest absolute Gasteiger partial charge is 0.131 e. The van der Waals surface area contributed by atoms with Gasteiger partial charge in [-0.2, -0.15) is 11.3 Å². The van der Waals surface area contributed by atoms with Crippen molar-refractivity contribution < 1.29 is 9.13 Å². The van der Waals surface area contributed by atoms with E-state index in [0.29, 0.717) is 11.3 Å². The molecule has 84 valence electrons. The molecule has 2 aromatic rings. The first-order chi connectivity index (χ1) is 7.72. The highest BCUT2D eigenvalue weighted by Crippen LogP contribution is 2.34. The molecule has 2 rings (SSSR count). The molecule has 1 atom stereocenters. The molecule has 0 amide bonds. The topological polar surface area (TPSA) is 9.23 Å². The molecule has 1 aromatic heterocycles. The minimum Gasteiger partial charge on any atom is -0.497 e. The van der Waals surface area contributed by atoms with Gasteiger partial charge in [0.05, 0.1) is 11.9 Å². The zero-order valence-corrected chi connectivity index (χ0v) is 11.0. The van der Waals surface area contributed by atoms with Crippen LogP contribution in [-0.2, 0) is 0 Å². The molecule has 0 spiro atoms. The number of methoxy groups -OCH3 is 1. The second-order valence-electron chi connectivity index (χ2n) is 3.31. The van der Waals surface area contributed by atoms with Gasteiger partial charge in [-0.25, -0.2) is 4.39 Å². The average Bonchev–Trinajstić information content (AvgIpc) is 2.81. The second kappa shape index (κ2) is 4.97. The zero-order chi connectivity index (χ0) is 11.5. The number of hydrogen-bond donors (Lipinski definition) is 0. The summed E-state index contributed by atoms with van der Waals surface area (Å²) in [6, 6.07) is 6.88. The number of benzene rings is 1. The van der Waals surface area contributed by atoms with Gasteiger partial charge in [0, 0.05) is 11.6 Å². The highest BCUT2D eigenvalue weighted by atomic mass is 79.9. The Kier molecular flexibility index (Phi) is 3.61. The van der Waals surface area contributed by atoms with E-state index >= 15 is 0 Å². The molecule has 0 aliphatic carbocycles. The number of ether oxygens (including phenoxy) is 1. The Morgan fingerprint density at radius 1 is 1.38 bits per heavy atom. The highest BCUT2D eigenvalue weighted by molar-refractivity contribution is 9.09. The molecule has 0 bridgehead atoms. The number of thiophene rings is 1. The quantitative estimate of drug-likeness (QED) is 0.764. The van der Waals surface area contributed by atoms with Gasteiger partial charge in [0.25, 0.3) is 0 Å². The van der Waals surface area contributed by atoms with Crippen LogP contribution in [0, 0.1) is 5.82 Å². The predicted octanol–water partition coefficient (Wildman–Crippen LogP) is 4.38. The number of alkyl halides is 1. The molecule has 0 aliphatic rings. The van der Waals surface area contributed by atoms with Crippen molar-refractivity contribution in [1.29, 1.82) is 0 Å². The van der Waals surface area contributed by atoms with Gasteiger partial charge in [-0.15, -0.1) is 0 Å². The van der Waals surface area contributed by atoms with Crippen LogP contribution in [0.1, 0.15) is 16.0 Å². The first-order valence-electron chi connectivity index (χ1n) is 4.72. The summed E-state index contributed by atoms with van der Waals surface area (Å²) in [7, 11) is 1.53. The minimum absolute atomic E-state index is 0.107. The Labute approximate surface area is 106 Å². The van der Waals surface area contributed by atoms with Gasteiger partial charge < -0.3 is 4.74 Å². The molecule has 0 saturated carbocycles. The van der Waals surface area contributed by atoms with Crippen LogP contribution in [0.4, 0.5) is 4.39 Å². The van der Waals surface area contributed by atoms with Crippen molar-refractivity contribution in [2.45, 2.75) is 4.83 Å². The van der Waals surface area contributed by atoms with Crippen LogP contribution in [0.3, 0.4) is 0 Å². The van der Waals surface area contributed by atoms with Crippen LogP contribution in [0.2, 0.25) is 0 Å². The van der Waals surface area contributed by atoms with Gasteiger partial charge in [0.2, 0.25) is 0 Å². The normalized spacial score (nSPS) is 12.4. The van der Waals surface area contributed by atoms with Crippen molar-refractivity contribution in [2.75, 3.05) is 7.11 Å². The highest BCUT2D eigenvalue weighted by Gasteiger charge is 2.15. The van der Waals surface area contributed by atoms with E-state index in [1.54, 1.807) is 23.5 Å². The Morgan fingerprint density at radius 2 is 2.19 bits per heavy atom. The third kappa shape index (κ3) is 2.28. The fraction of sp³-hybridized carbons (Fsp3) is 0.167. The van der Waals surface area contributed by atoms with Crippen molar-refractivity contribution >= 4 is 27.3 Å². The van der Waals surface area contributed by atoms with Crippen molar-refractivity contribution in [1.82, 2.24) is 0 Å². The van der Waals surface area contributed by atoms with E-state index in [2.05, 4.69) is 15.9 Å². The predicted molar refractivity (Wildman–Crippen MR) is 68.0 cm³/mol. The van der Waals surface area contributed by atoms with Crippen LogP contribution in [0.25, 0.3) is 0 Å². The lowest BCUT2D eigenvalue weighted by atomic mass is 10.1. The number of rotatable bonds is 3. The first-order valence-corrected chi connectivity index (χ1v) is 6.58. The van der Waals surface area contributed by atoms with Crippen molar-refractivity contribution in [3.05, 3.63) is 52.0 Å². The SMILES string of the molecule is COc1ccc(C(Br)c2ccsc2)c(F)c1. The number of hydrogen-bond acceptors (Lipinski definition) is 2. The Balaban J connectivity index is 2.34. The van der Waals surface area contributed by atoms with Crippen LogP contribution in [0.15, 0.2) is 35.0 Å². The summed E-state index contributed by atoms with van der Waals surface area (Å²) in [5.41, 5.74) is 1.69. The summed E-state index contributed by atoms with van der Waals surface area (Å²) in [6.07, 6.45) is 0. The largest absolute Gasteiger partial charge is 0.497 e. The Hall–Kier alpha value is -0.870. The van der Waals surface area contributed by atoms with Gasteiger partial charge in [0.15, 0.2) is 0 Å². The van der Waals surface area contributed by atoms with Crippen LogP contribution < -0.4 is 4.74 Å². The maximum atomic E-state index is 13.8. The van der Waals surface area contributed by atoms with Crippen molar-refractivity contribution in [3.8, 4) is 5.75 Å². The van der Waals surface area contributed by atoms with Gasteiger partial charge >= 0.3 is 0 Å². The second-order valence-corrected chi connectivity index (χ2v) is 5.00. The molecule has 0 aliphatic heterocycles. The average molecular weight is 301 g/mol. The minimum atomic E-state index is -0.257. The maximum absolute atomic E-state index is 13.8. The van der Waals surface area contributed by atoms with Gasteiger partial charge in [-0.3, -0.25) is 0 Å². The molecule has 4 heteroatoms. The zero-order valence-electron chi connectivity index (χ0n) is 8.61. The van der Waals surface area contributed by atoms with Crippen LogP contribution >= 0.6 is 27.3 Å². The lowest BCUT2D eigenvalue weighted by Crippen LogP contribution is -1.96. The number of halogens is 2. The molecule has 0 saturated heterocycles. The van der Waals surface area contributed by atoms with E-state index in [9.17, 15) is 4.39 Å². The van der Waals surface area contributed by atoms with Crippen LogP contribution in [-0.4, -0.2) is 7.11 Å². The molecule has 16 heavy (non-hydrogen) atoms. The fourth-order valence-electron chi connectivity index (χ4n) is 1.44. The molecular weight excluding hydrogens is 291 g/mol. The Morgan fingerprint density at radius 3 is 2.75 bits per heavy atom. The van der Waals surface area contributed by atoms with E-state index in [-0.39, 0.29) is 10.6 Å². The van der Waals surface area contributed by atoms with E-state index < -0.39 is 0 Å². The first kappa shape index (κ1) is 11.6. The molecular formula is C12H10BrFOS. The molecule has 0 fully saturated rings. The van der Waals surface area contributed by atoms with Gasteiger partial charge in [-0.05, 0) is 28.5 Å². The summed E-state index contributed by atoms with van der Waals surface area (Å²) >= 11 is 5.10. The molecule has 1 nitrogen and oxygen atoms in total. The van der Waals surface area contributed by atoms with Crippen LogP contribution in [0.5, 0.6) is 5.75 Å². The lowest BCUT2D eigenvalue weighted by Gasteiger charge is -2.10. The van der Waals surface area contributed by atoms with Crippen molar-refractivity contribution in [2.24, 2.45) is 0 Å². The van der Waals surface area contributed by atoms with Gasteiger partial charge in [0.1, 0.15) is 11.6 Å². The van der Waals surface area contributed by atoms with E-state index in [4.69, 9.17) is 4.74 Å². The lowest BCUT2D eigenvalue weighted by molar-refractivity contribution is 0.411. The van der Waals surface area contributed by atoms with Gasteiger partial charge in [-0.1, -0.05) is 22.0 Å².